The van der Waals surface area contributed by atoms with Crippen LogP contribution in [0.15, 0.2) is 42.6 Å². The van der Waals surface area contributed by atoms with Crippen molar-refractivity contribution in [2.75, 3.05) is 5.32 Å². The van der Waals surface area contributed by atoms with E-state index in [4.69, 9.17) is 18.0 Å². The van der Waals surface area contributed by atoms with Crippen LogP contribution in [-0.2, 0) is 0 Å². The molecule has 3 N–H and O–H groups in total. The fourth-order valence-corrected chi connectivity index (χ4v) is 1.87. The summed E-state index contributed by atoms with van der Waals surface area (Å²) in [4.78, 5) is 4.50. The van der Waals surface area contributed by atoms with Crippen molar-refractivity contribution in [1.29, 1.82) is 0 Å². The highest BCUT2D eigenvalue weighted by Crippen LogP contribution is 2.20. The third kappa shape index (κ3) is 3.26. The Bertz CT molecular complexity index is 583. The van der Waals surface area contributed by atoms with Crippen LogP contribution in [0.3, 0.4) is 0 Å². The van der Waals surface area contributed by atoms with E-state index < -0.39 is 0 Å². The molecule has 0 saturated heterocycles. The number of nitrogens with one attached hydrogen (secondary N) is 1. The molecule has 0 fully saturated rings. The summed E-state index contributed by atoms with van der Waals surface area (Å²) in [7, 11) is 0. The Balaban J connectivity index is 2.13. The second kappa shape index (κ2) is 5.75. The van der Waals surface area contributed by atoms with Gasteiger partial charge in [0.15, 0.2) is 0 Å². The molecule has 0 aliphatic carbocycles. The number of hydrogen-bond acceptors (Lipinski definition) is 3. The zero-order valence-electron chi connectivity index (χ0n) is 10.4. The number of aromatic nitrogens is 1. The van der Waals surface area contributed by atoms with Gasteiger partial charge in [0.1, 0.15) is 16.6 Å². The van der Waals surface area contributed by atoms with Crippen molar-refractivity contribution >= 4 is 23.0 Å². The summed E-state index contributed by atoms with van der Waals surface area (Å²) in [6, 6.07) is 10.0. The molecule has 3 nitrogen and oxygen atoms in total. The van der Waals surface area contributed by atoms with E-state index in [0.29, 0.717) is 21.9 Å². The van der Waals surface area contributed by atoms with E-state index in [1.54, 1.807) is 36.5 Å². The quantitative estimate of drug-likeness (QED) is 0.842. The molecule has 5 heteroatoms. The van der Waals surface area contributed by atoms with Gasteiger partial charge < -0.3 is 11.1 Å². The molecular formula is C14H14FN3S. The van der Waals surface area contributed by atoms with E-state index in [1.807, 2.05) is 6.92 Å². The number of thiocarbonyl (C=S) groups is 1. The SMILES string of the molecule is CC(Nc1ccc(C(N)=S)cn1)c1ccccc1F. The first-order valence-electron chi connectivity index (χ1n) is 5.84. The number of halogens is 1. The summed E-state index contributed by atoms with van der Waals surface area (Å²) in [5, 5.41) is 3.13. The number of pyridine rings is 1. The molecule has 0 amide bonds. The fraction of sp³-hybridized carbons (Fsp3) is 0.143. The average Bonchev–Trinajstić information content (AvgIpc) is 2.39. The third-order valence-electron chi connectivity index (χ3n) is 2.78. The number of nitrogens with zero attached hydrogens (tertiary/aromatic N) is 1. The molecule has 1 aromatic heterocycles. The highest BCUT2D eigenvalue weighted by Gasteiger charge is 2.10. The molecular weight excluding hydrogens is 261 g/mol. The summed E-state index contributed by atoms with van der Waals surface area (Å²) in [5.74, 6) is 0.415. The van der Waals surface area contributed by atoms with Crippen molar-refractivity contribution in [3.8, 4) is 0 Å². The monoisotopic (exact) mass is 275 g/mol. The molecule has 0 saturated carbocycles. The van der Waals surface area contributed by atoms with Gasteiger partial charge in [-0.1, -0.05) is 30.4 Å². The van der Waals surface area contributed by atoms with Crippen LogP contribution in [0, 0.1) is 5.82 Å². The summed E-state index contributed by atoms with van der Waals surface area (Å²) < 4.78 is 13.6. The van der Waals surface area contributed by atoms with E-state index in [2.05, 4.69) is 10.3 Å². The maximum atomic E-state index is 13.6. The maximum Gasteiger partial charge on any atom is 0.128 e. The third-order valence-corrected chi connectivity index (χ3v) is 3.02. The Hall–Kier alpha value is -2.01. The predicted molar refractivity (Wildman–Crippen MR) is 78.6 cm³/mol. The van der Waals surface area contributed by atoms with Crippen molar-refractivity contribution in [3.63, 3.8) is 0 Å². The van der Waals surface area contributed by atoms with Crippen LogP contribution in [0.1, 0.15) is 24.1 Å². The minimum absolute atomic E-state index is 0.177. The summed E-state index contributed by atoms with van der Waals surface area (Å²) >= 11 is 4.85. The molecule has 0 spiro atoms. The minimum Gasteiger partial charge on any atom is -0.389 e. The largest absolute Gasteiger partial charge is 0.389 e. The van der Waals surface area contributed by atoms with Crippen LogP contribution in [0.25, 0.3) is 0 Å². The lowest BCUT2D eigenvalue weighted by molar-refractivity contribution is 0.600. The van der Waals surface area contributed by atoms with Crippen LogP contribution < -0.4 is 11.1 Å². The van der Waals surface area contributed by atoms with Gasteiger partial charge in [0.2, 0.25) is 0 Å². The van der Waals surface area contributed by atoms with E-state index in [9.17, 15) is 4.39 Å². The molecule has 0 aliphatic heterocycles. The number of rotatable bonds is 4. The lowest BCUT2D eigenvalue weighted by Gasteiger charge is -2.15. The molecule has 1 aromatic carbocycles. The highest BCUT2D eigenvalue weighted by atomic mass is 32.1. The fourth-order valence-electron chi connectivity index (χ4n) is 1.75. The topological polar surface area (TPSA) is 50.9 Å². The lowest BCUT2D eigenvalue weighted by atomic mass is 10.1. The van der Waals surface area contributed by atoms with E-state index >= 15 is 0 Å². The minimum atomic E-state index is -0.234. The first-order valence-corrected chi connectivity index (χ1v) is 6.25. The molecule has 2 aromatic rings. The second-order valence-electron chi connectivity index (χ2n) is 4.18. The molecule has 19 heavy (non-hydrogen) atoms. The Morgan fingerprint density at radius 3 is 2.63 bits per heavy atom. The summed E-state index contributed by atoms with van der Waals surface area (Å²) in [6.45, 7) is 1.88. The van der Waals surface area contributed by atoms with Gasteiger partial charge in [-0.3, -0.25) is 0 Å². The van der Waals surface area contributed by atoms with Gasteiger partial charge in [0.05, 0.1) is 6.04 Å². The Morgan fingerprint density at radius 2 is 2.05 bits per heavy atom. The average molecular weight is 275 g/mol. The highest BCUT2D eigenvalue weighted by molar-refractivity contribution is 7.80. The van der Waals surface area contributed by atoms with Crippen molar-refractivity contribution in [2.24, 2.45) is 5.73 Å². The van der Waals surface area contributed by atoms with E-state index in [1.165, 1.54) is 6.07 Å². The molecule has 1 atom stereocenters. The first kappa shape index (κ1) is 13.4. The molecule has 98 valence electrons. The van der Waals surface area contributed by atoms with Crippen LogP contribution >= 0.6 is 12.2 Å². The lowest BCUT2D eigenvalue weighted by Crippen LogP contribution is -2.12. The zero-order valence-corrected chi connectivity index (χ0v) is 11.2. The maximum absolute atomic E-state index is 13.6. The smallest absolute Gasteiger partial charge is 0.128 e. The van der Waals surface area contributed by atoms with Crippen LogP contribution in [-0.4, -0.2) is 9.97 Å². The van der Waals surface area contributed by atoms with Crippen molar-refractivity contribution < 1.29 is 4.39 Å². The van der Waals surface area contributed by atoms with Gasteiger partial charge in [0.25, 0.3) is 0 Å². The normalized spacial score (nSPS) is 11.9. The zero-order chi connectivity index (χ0) is 13.8. The molecule has 2 rings (SSSR count). The number of anilines is 1. The molecule has 0 aliphatic rings. The second-order valence-corrected chi connectivity index (χ2v) is 4.62. The Labute approximate surface area is 116 Å². The predicted octanol–water partition coefficient (Wildman–Crippen LogP) is 3.03. The van der Waals surface area contributed by atoms with Gasteiger partial charge in [-0.15, -0.1) is 0 Å². The Morgan fingerprint density at radius 1 is 1.32 bits per heavy atom. The van der Waals surface area contributed by atoms with E-state index in [-0.39, 0.29) is 11.9 Å². The van der Waals surface area contributed by atoms with Crippen molar-refractivity contribution in [2.45, 2.75) is 13.0 Å². The van der Waals surface area contributed by atoms with Crippen LogP contribution in [0.4, 0.5) is 10.2 Å². The van der Waals surface area contributed by atoms with Gasteiger partial charge in [-0.05, 0) is 25.1 Å². The Kier molecular flexibility index (Phi) is 4.06. The van der Waals surface area contributed by atoms with Crippen LogP contribution in [0.5, 0.6) is 0 Å². The number of hydrogen-bond donors (Lipinski definition) is 2. The summed E-state index contributed by atoms with van der Waals surface area (Å²) in [6.07, 6.45) is 1.60. The molecule has 1 heterocycles. The molecule has 0 radical (unpaired) electrons. The van der Waals surface area contributed by atoms with Crippen molar-refractivity contribution in [1.82, 2.24) is 4.98 Å². The van der Waals surface area contributed by atoms with E-state index in [0.717, 1.165) is 0 Å². The van der Waals surface area contributed by atoms with Gasteiger partial charge in [-0.2, -0.15) is 0 Å². The van der Waals surface area contributed by atoms with Crippen molar-refractivity contribution in [3.05, 3.63) is 59.5 Å². The number of benzene rings is 1. The standard InChI is InChI=1S/C14H14FN3S/c1-9(11-4-2-3-5-12(11)15)18-13-7-6-10(8-17-13)14(16)19/h2-9H,1H3,(H2,16,19)(H,17,18). The van der Waals surface area contributed by atoms with Gasteiger partial charge in [0, 0.05) is 17.3 Å². The summed E-state index contributed by atoms with van der Waals surface area (Å²) in [5.41, 5.74) is 6.80. The number of nitrogens with two attached hydrogens (primary N) is 1. The van der Waals surface area contributed by atoms with Crippen LogP contribution in [0.2, 0.25) is 0 Å². The molecule has 1 unspecified atom stereocenters. The van der Waals surface area contributed by atoms with Gasteiger partial charge >= 0.3 is 0 Å². The first-order chi connectivity index (χ1) is 9.08. The molecule has 0 bridgehead atoms. The van der Waals surface area contributed by atoms with Gasteiger partial charge in [-0.25, -0.2) is 9.37 Å².